The largest absolute Gasteiger partial charge is 0.348 e. The van der Waals surface area contributed by atoms with E-state index in [1.807, 2.05) is 38.1 Å². The molecule has 0 bridgehead atoms. The van der Waals surface area contributed by atoms with Crippen molar-refractivity contribution in [1.82, 2.24) is 20.2 Å². The lowest BCUT2D eigenvalue weighted by Crippen LogP contribution is -2.38. The van der Waals surface area contributed by atoms with Gasteiger partial charge in [0.05, 0.1) is 0 Å². The summed E-state index contributed by atoms with van der Waals surface area (Å²) in [6, 6.07) is 14.1. The average Bonchev–Trinajstić information content (AvgIpc) is 3.13. The van der Waals surface area contributed by atoms with Crippen LogP contribution in [0, 0.1) is 11.8 Å². The van der Waals surface area contributed by atoms with E-state index in [1.165, 1.54) is 17.5 Å². The van der Waals surface area contributed by atoms with Crippen molar-refractivity contribution in [2.45, 2.75) is 64.8 Å². The predicted molar refractivity (Wildman–Crippen MR) is 147 cm³/mol. The van der Waals surface area contributed by atoms with Crippen LogP contribution in [0.15, 0.2) is 48.7 Å². The Morgan fingerprint density at radius 3 is 2.57 bits per heavy atom. The second-order valence-electron chi connectivity index (χ2n) is 11.1. The summed E-state index contributed by atoms with van der Waals surface area (Å²) in [6.07, 6.45) is 9.37. The zero-order chi connectivity index (χ0) is 25.8. The lowest BCUT2D eigenvalue weighted by molar-refractivity contribution is 0.0913. The second kappa shape index (κ2) is 11.5. The van der Waals surface area contributed by atoms with E-state index in [0.29, 0.717) is 11.3 Å². The molecule has 1 fully saturated rings. The van der Waals surface area contributed by atoms with Crippen molar-refractivity contribution < 1.29 is 9.59 Å². The van der Waals surface area contributed by atoms with Crippen LogP contribution < -0.4 is 5.32 Å². The molecule has 0 saturated heterocycles. The normalized spacial score (nSPS) is 20.4. The van der Waals surface area contributed by atoms with Gasteiger partial charge in [0.2, 0.25) is 0 Å². The zero-order valence-electron chi connectivity index (χ0n) is 22.1. The average molecular weight is 499 g/mol. The van der Waals surface area contributed by atoms with Gasteiger partial charge in [0.1, 0.15) is 5.69 Å². The minimum atomic E-state index is -0.0987. The fourth-order valence-corrected chi connectivity index (χ4v) is 5.78. The third-order valence-electron chi connectivity index (χ3n) is 8.14. The van der Waals surface area contributed by atoms with E-state index in [2.05, 4.69) is 32.3 Å². The molecule has 0 atom stereocenters. The summed E-state index contributed by atoms with van der Waals surface area (Å²) in [6.45, 7) is 7.21. The van der Waals surface area contributed by atoms with Crippen molar-refractivity contribution in [2.24, 2.45) is 11.8 Å². The van der Waals surface area contributed by atoms with Gasteiger partial charge in [0.15, 0.2) is 11.4 Å². The molecule has 194 valence electrons. The van der Waals surface area contributed by atoms with Crippen LogP contribution in [0.1, 0.15) is 77.9 Å². The third kappa shape index (κ3) is 6.24. The number of nitrogens with one attached hydrogen (secondary N) is 1. The molecule has 0 spiro atoms. The highest BCUT2D eigenvalue weighted by molar-refractivity contribution is 5.97. The molecule has 1 aliphatic carbocycles. The predicted octanol–water partition coefficient (Wildman–Crippen LogP) is 5.25. The van der Waals surface area contributed by atoms with E-state index in [0.717, 1.165) is 75.0 Å². The molecule has 1 aliphatic heterocycles. The Labute approximate surface area is 219 Å². The number of hydrogen-bond acceptors (Lipinski definition) is 5. The van der Waals surface area contributed by atoms with Crippen LogP contribution in [0.4, 0.5) is 0 Å². The van der Waals surface area contributed by atoms with Crippen molar-refractivity contribution >= 4 is 22.7 Å². The fourth-order valence-electron chi connectivity index (χ4n) is 5.78. The molecule has 37 heavy (non-hydrogen) atoms. The first-order valence-corrected chi connectivity index (χ1v) is 13.9. The van der Waals surface area contributed by atoms with Gasteiger partial charge < -0.3 is 10.2 Å². The number of Topliss-reactive ketones (excluding diaryl/α,β-unsaturated/α-hetero) is 1. The summed E-state index contributed by atoms with van der Waals surface area (Å²) < 4.78 is 0. The van der Waals surface area contributed by atoms with Crippen molar-refractivity contribution in [3.63, 3.8) is 0 Å². The van der Waals surface area contributed by atoms with Crippen molar-refractivity contribution in [1.29, 1.82) is 0 Å². The molecule has 3 heterocycles. The summed E-state index contributed by atoms with van der Waals surface area (Å²) in [5.41, 5.74) is 4.66. The number of fused-ring (bicyclic) bond motifs is 2. The molecule has 0 unspecified atom stereocenters. The molecule has 2 aliphatic rings. The number of hydrogen-bond donors (Lipinski definition) is 1. The van der Waals surface area contributed by atoms with Crippen LogP contribution in [-0.4, -0.2) is 52.2 Å². The Kier molecular flexibility index (Phi) is 7.94. The Bertz CT molecular complexity index is 1260. The number of ketones is 1. The maximum atomic E-state index is 12.8. The third-order valence-corrected chi connectivity index (χ3v) is 8.14. The summed E-state index contributed by atoms with van der Waals surface area (Å²) in [4.78, 5) is 36.5. The Morgan fingerprint density at radius 2 is 1.78 bits per heavy atom. The highest BCUT2D eigenvalue weighted by atomic mass is 16.2. The van der Waals surface area contributed by atoms with Crippen LogP contribution in [0.25, 0.3) is 11.0 Å². The van der Waals surface area contributed by atoms with Gasteiger partial charge in [-0.25, -0.2) is 9.97 Å². The maximum Gasteiger partial charge on any atom is 0.270 e. The molecule has 3 aromatic rings. The van der Waals surface area contributed by atoms with E-state index in [4.69, 9.17) is 0 Å². The first-order chi connectivity index (χ1) is 18.0. The van der Waals surface area contributed by atoms with E-state index in [-0.39, 0.29) is 23.7 Å². The minimum absolute atomic E-state index is 0.0383. The molecule has 1 amide bonds. The number of benzene rings is 1. The molecule has 1 aromatic carbocycles. The molecular weight excluding hydrogens is 460 g/mol. The first kappa shape index (κ1) is 25.5. The molecule has 6 heteroatoms. The van der Waals surface area contributed by atoms with E-state index < -0.39 is 0 Å². The van der Waals surface area contributed by atoms with Gasteiger partial charge >= 0.3 is 0 Å². The van der Waals surface area contributed by atoms with Crippen LogP contribution in [0.2, 0.25) is 0 Å². The summed E-state index contributed by atoms with van der Waals surface area (Å²) in [5, 5.41) is 4.14. The lowest BCUT2D eigenvalue weighted by atomic mass is 9.84. The summed E-state index contributed by atoms with van der Waals surface area (Å²) in [5.74, 6) is 0.896. The van der Waals surface area contributed by atoms with Gasteiger partial charge in [-0.15, -0.1) is 0 Å². The van der Waals surface area contributed by atoms with Crippen molar-refractivity contribution in [3.8, 4) is 0 Å². The Morgan fingerprint density at radius 1 is 1.00 bits per heavy atom. The maximum absolute atomic E-state index is 12.8. The topological polar surface area (TPSA) is 75.2 Å². The highest BCUT2D eigenvalue weighted by Crippen LogP contribution is 2.28. The minimum Gasteiger partial charge on any atom is -0.348 e. The fraction of sp³-hybridized carbons (Fsp3) is 0.484. The molecule has 5 rings (SSSR count). The molecule has 1 N–H and O–H groups in total. The number of nitrogens with zero attached hydrogens (tertiary/aromatic N) is 3. The smallest absolute Gasteiger partial charge is 0.270 e. The van der Waals surface area contributed by atoms with Gasteiger partial charge in [-0.05, 0) is 98.9 Å². The quantitative estimate of drug-likeness (QED) is 0.451. The SMILES string of the molecule is CC(C)C(=O)c1ccc2c(c1)CCN(CC[C@H]1CC[C@H](NC(=O)c3ccc4cccnc4n3)CC1)CC2. The van der Waals surface area contributed by atoms with Crippen molar-refractivity contribution in [2.75, 3.05) is 19.6 Å². The number of carbonyl (C=O) groups is 2. The Balaban J connectivity index is 1.06. The number of rotatable bonds is 7. The first-order valence-electron chi connectivity index (χ1n) is 13.9. The molecular formula is C31H38N4O2. The van der Waals surface area contributed by atoms with Crippen molar-refractivity contribution in [3.05, 3.63) is 71.0 Å². The van der Waals surface area contributed by atoms with Gasteiger partial charge in [0.25, 0.3) is 5.91 Å². The van der Waals surface area contributed by atoms with Crippen LogP contribution in [-0.2, 0) is 12.8 Å². The van der Waals surface area contributed by atoms with E-state index in [1.54, 1.807) is 12.3 Å². The highest BCUT2D eigenvalue weighted by Gasteiger charge is 2.24. The Hall–Kier alpha value is -3.12. The van der Waals surface area contributed by atoms with Gasteiger partial charge in [-0.1, -0.05) is 26.0 Å². The van der Waals surface area contributed by atoms with Gasteiger partial charge in [-0.2, -0.15) is 0 Å². The lowest BCUT2D eigenvalue weighted by Gasteiger charge is -2.30. The molecule has 2 aromatic heterocycles. The number of amides is 1. The standard InChI is InChI=1S/C31H38N4O2/c1-21(2)29(36)26-8-7-23-14-18-35(19-15-25(23)20-26)17-13-22-5-10-27(11-6-22)33-31(37)28-12-9-24-4-3-16-32-30(24)34-28/h3-4,7-9,12,16,20-22,27H,5-6,10-11,13-15,17-19H2,1-2H3,(H,33,37)/t22-,27-. The van der Waals surface area contributed by atoms with Crippen LogP contribution in [0.5, 0.6) is 0 Å². The van der Waals surface area contributed by atoms with E-state index >= 15 is 0 Å². The summed E-state index contributed by atoms with van der Waals surface area (Å²) >= 11 is 0. The summed E-state index contributed by atoms with van der Waals surface area (Å²) in [7, 11) is 0. The van der Waals surface area contributed by atoms with E-state index in [9.17, 15) is 9.59 Å². The van der Waals surface area contributed by atoms with Gasteiger partial charge in [-0.3, -0.25) is 9.59 Å². The monoisotopic (exact) mass is 498 g/mol. The second-order valence-corrected chi connectivity index (χ2v) is 11.1. The molecule has 0 radical (unpaired) electrons. The zero-order valence-corrected chi connectivity index (χ0v) is 22.1. The van der Waals surface area contributed by atoms with Gasteiger partial charge in [0, 0.05) is 42.2 Å². The number of aromatic nitrogens is 2. The number of carbonyl (C=O) groups excluding carboxylic acids is 2. The molecule has 1 saturated carbocycles. The van der Waals surface area contributed by atoms with Crippen LogP contribution in [0.3, 0.4) is 0 Å². The number of pyridine rings is 2. The molecule has 6 nitrogen and oxygen atoms in total. The van der Waals surface area contributed by atoms with Crippen LogP contribution >= 0.6 is 0 Å².